The minimum absolute atomic E-state index is 1.01. The van der Waals surface area contributed by atoms with Crippen molar-refractivity contribution >= 4 is 0 Å². The van der Waals surface area contributed by atoms with Crippen LogP contribution < -0.4 is 0 Å². The Kier molecular flexibility index (Phi) is 8.21. The van der Waals surface area contributed by atoms with Crippen molar-refractivity contribution in [3.05, 3.63) is 53.9 Å². The monoisotopic (exact) mass is 286 g/mol. The molecule has 3 heterocycles. The second kappa shape index (κ2) is 10.00. The Balaban J connectivity index is 0.000000210. The SMILES string of the molecule is CC.Cc1cc(CN2CCC2)ccn1.Cc1ccncn1. The lowest BCUT2D eigenvalue weighted by molar-refractivity contribution is 0.172. The summed E-state index contributed by atoms with van der Waals surface area (Å²) in [4.78, 5) is 14.2. The molecule has 0 atom stereocenters. The van der Waals surface area contributed by atoms with Gasteiger partial charge in [-0.3, -0.25) is 9.88 Å². The molecule has 4 nitrogen and oxygen atoms in total. The zero-order chi connectivity index (χ0) is 15.5. The summed E-state index contributed by atoms with van der Waals surface area (Å²) >= 11 is 0. The molecule has 114 valence electrons. The predicted molar refractivity (Wildman–Crippen MR) is 87.0 cm³/mol. The van der Waals surface area contributed by atoms with Crippen molar-refractivity contribution in [3.8, 4) is 0 Å². The summed E-state index contributed by atoms with van der Waals surface area (Å²) in [6.07, 6.45) is 6.52. The molecule has 0 aliphatic carbocycles. The summed E-state index contributed by atoms with van der Waals surface area (Å²) in [6.45, 7) is 11.6. The number of likely N-dealkylation sites (tertiary alicyclic amines) is 1. The molecule has 1 aliphatic rings. The molecule has 3 rings (SSSR count). The summed E-state index contributed by atoms with van der Waals surface area (Å²) in [7, 11) is 0. The molecule has 0 amide bonds. The highest BCUT2D eigenvalue weighted by Crippen LogP contribution is 2.11. The van der Waals surface area contributed by atoms with Crippen LogP contribution in [0.1, 0.15) is 37.2 Å². The lowest BCUT2D eigenvalue weighted by Gasteiger charge is -2.30. The van der Waals surface area contributed by atoms with Crippen LogP contribution in [0.15, 0.2) is 36.9 Å². The molecule has 1 saturated heterocycles. The van der Waals surface area contributed by atoms with Crippen LogP contribution in [0, 0.1) is 13.8 Å². The molecule has 2 aromatic heterocycles. The maximum atomic E-state index is 4.17. The second-order valence-electron chi connectivity index (χ2n) is 4.79. The number of aromatic nitrogens is 3. The highest BCUT2D eigenvalue weighted by Gasteiger charge is 2.13. The second-order valence-corrected chi connectivity index (χ2v) is 4.79. The van der Waals surface area contributed by atoms with E-state index in [0.717, 1.165) is 17.9 Å². The number of aryl methyl sites for hydroxylation is 2. The molecule has 4 heteroatoms. The number of hydrogen-bond donors (Lipinski definition) is 0. The summed E-state index contributed by atoms with van der Waals surface area (Å²) < 4.78 is 0. The summed E-state index contributed by atoms with van der Waals surface area (Å²) in [5.41, 5.74) is 3.52. The van der Waals surface area contributed by atoms with Crippen molar-refractivity contribution in [3.63, 3.8) is 0 Å². The van der Waals surface area contributed by atoms with E-state index in [4.69, 9.17) is 0 Å². The van der Waals surface area contributed by atoms with E-state index >= 15 is 0 Å². The average Bonchev–Trinajstić information content (AvgIpc) is 2.47. The third kappa shape index (κ3) is 6.95. The summed E-state index contributed by atoms with van der Waals surface area (Å²) in [6, 6.07) is 6.13. The lowest BCUT2D eigenvalue weighted by Crippen LogP contribution is -2.36. The van der Waals surface area contributed by atoms with Crippen LogP contribution in [0.4, 0.5) is 0 Å². The molecule has 0 unspecified atom stereocenters. The Hall–Kier alpha value is -1.81. The van der Waals surface area contributed by atoms with Gasteiger partial charge in [-0.2, -0.15) is 0 Å². The van der Waals surface area contributed by atoms with E-state index in [-0.39, 0.29) is 0 Å². The Morgan fingerprint density at radius 3 is 2.19 bits per heavy atom. The summed E-state index contributed by atoms with van der Waals surface area (Å²) in [5.74, 6) is 0. The van der Waals surface area contributed by atoms with Crippen LogP contribution in [0.2, 0.25) is 0 Å². The molecule has 0 spiro atoms. The fourth-order valence-electron chi connectivity index (χ4n) is 1.86. The fourth-order valence-corrected chi connectivity index (χ4v) is 1.86. The molecule has 0 aromatic carbocycles. The molecule has 0 N–H and O–H groups in total. The first-order valence-electron chi connectivity index (χ1n) is 7.60. The van der Waals surface area contributed by atoms with Crippen molar-refractivity contribution in [2.24, 2.45) is 0 Å². The zero-order valence-corrected chi connectivity index (χ0v) is 13.6. The maximum Gasteiger partial charge on any atom is 0.115 e. The van der Waals surface area contributed by atoms with Gasteiger partial charge < -0.3 is 0 Å². The largest absolute Gasteiger partial charge is 0.299 e. The first kappa shape index (κ1) is 17.2. The van der Waals surface area contributed by atoms with E-state index in [9.17, 15) is 0 Å². The molecular weight excluding hydrogens is 260 g/mol. The lowest BCUT2D eigenvalue weighted by atomic mass is 10.1. The standard InChI is InChI=1S/C10H14N2.C5H6N2.C2H6/c1-9-7-10(3-4-11-9)8-12-5-2-6-12;1-5-2-3-6-4-7-5;1-2/h3-4,7H,2,5-6,8H2,1H3;2-4H,1H3;1-2H3. The average molecular weight is 286 g/mol. The van der Waals surface area contributed by atoms with Gasteiger partial charge in [-0.25, -0.2) is 9.97 Å². The van der Waals surface area contributed by atoms with Gasteiger partial charge in [0.25, 0.3) is 0 Å². The first-order valence-corrected chi connectivity index (χ1v) is 7.60. The third-order valence-corrected chi connectivity index (χ3v) is 3.05. The quantitative estimate of drug-likeness (QED) is 0.848. The van der Waals surface area contributed by atoms with E-state index in [0.29, 0.717) is 0 Å². The van der Waals surface area contributed by atoms with Crippen molar-refractivity contribution in [1.82, 2.24) is 19.9 Å². The van der Waals surface area contributed by atoms with Crippen LogP contribution in [-0.2, 0) is 6.54 Å². The number of pyridine rings is 1. The molecule has 2 aromatic rings. The first-order chi connectivity index (χ1) is 10.2. The Morgan fingerprint density at radius 2 is 1.76 bits per heavy atom. The van der Waals surface area contributed by atoms with E-state index in [2.05, 4.69) is 32.0 Å². The van der Waals surface area contributed by atoms with Gasteiger partial charge in [0.2, 0.25) is 0 Å². The normalized spacial score (nSPS) is 13.1. The van der Waals surface area contributed by atoms with Crippen molar-refractivity contribution < 1.29 is 0 Å². The van der Waals surface area contributed by atoms with Crippen LogP contribution in [-0.4, -0.2) is 32.9 Å². The van der Waals surface area contributed by atoms with Gasteiger partial charge in [-0.05, 0) is 57.1 Å². The molecule has 0 saturated carbocycles. The van der Waals surface area contributed by atoms with Crippen molar-refractivity contribution in [2.45, 2.75) is 40.7 Å². The van der Waals surface area contributed by atoms with Crippen LogP contribution in [0.5, 0.6) is 0 Å². The van der Waals surface area contributed by atoms with Crippen LogP contribution >= 0.6 is 0 Å². The van der Waals surface area contributed by atoms with Gasteiger partial charge in [0.05, 0.1) is 0 Å². The fraction of sp³-hybridized carbons (Fsp3) is 0.471. The van der Waals surface area contributed by atoms with Gasteiger partial charge in [0, 0.05) is 30.3 Å². The minimum Gasteiger partial charge on any atom is -0.299 e. The minimum atomic E-state index is 1.01. The van der Waals surface area contributed by atoms with Gasteiger partial charge in [-0.1, -0.05) is 13.8 Å². The molecule has 0 bridgehead atoms. The topological polar surface area (TPSA) is 41.9 Å². The summed E-state index contributed by atoms with van der Waals surface area (Å²) in [5, 5.41) is 0. The number of rotatable bonds is 2. The molecule has 1 aliphatic heterocycles. The van der Waals surface area contributed by atoms with Gasteiger partial charge in [-0.15, -0.1) is 0 Å². The van der Waals surface area contributed by atoms with Gasteiger partial charge >= 0.3 is 0 Å². The Labute approximate surface area is 128 Å². The van der Waals surface area contributed by atoms with E-state index < -0.39 is 0 Å². The highest BCUT2D eigenvalue weighted by atomic mass is 15.2. The number of hydrogen-bond acceptors (Lipinski definition) is 4. The van der Waals surface area contributed by atoms with E-state index in [1.165, 1.54) is 31.4 Å². The zero-order valence-electron chi connectivity index (χ0n) is 13.6. The maximum absolute atomic E-state index is 4.17. The highest BCUT2D eigenvalue weighted by molar-refractivity contribution is 5.15. The molecule has 0 radical (unpaired) electrons. The smallest absolute Gasteiger partial charge is 0.115 e. The molecular formula is C17H26N4. The molecule has 1 fully saturated rings. The van der Waals surface area contributed by atoms with Crippen LogP contribution in [0.3, 0.4) is 0 Å². The van der Waals surface area contributed by atoms with E-state index in [1.54, 1.807) is 6.20 Å². The molecule has 21 heavy (non-hydrogen) atoms. The van der Waals surface area contributed by atoms with Crippen LogP contribution in [0.25, 0.3) is 0 Å². The van der Waals surface area contributed by atoms with Crippen molar-refractivity contribution in [2.75, 3.05) is 13.1 Å². The third-order valence-electron chi connectivity index (χ3n) is 3.05. The van der Waals surface area contributed by atoms with Crippen molar-refractivity contribution in [1.29, 1.82) is 0 Å². The predicted octanol–water partition coefficient (Wildman–Crippen LogP) is 3.41. The Bertz CT molecular complexity index is 495. The number of nitrogens with zero attached hydrogens (tertiary/aromatic N) is 4. The Morgan fingerprint density at radius 1 is 1.00 bits per heavy atom. The van der Waals surface area contributed by atoms with E-state index in [1.807, 2.05) is 40.0 Å². The van der Waals surface area contributed by atoms with Gasteiger partial charge in [0.15, 0.2) is 0 Å². The van der Waals surface area contributed by atoms with Gasteiger partial charge in [0.1, 0.15) is 6.33 Å².